The first-order valence-electron chi connectivity index (χ1n) is 6.04. The molecule has 0 aliphatic carbocycles. The van der Waals surface area contributed by atoms with Crippen molar-refractivity contribution in [2.24, 2.45) is 0 Å². The Hall–Kier alpha value is -2.40. The van der Waals surface area contributed by atoms with Gasteiger partial charge in [-0.25, -0.2) is 9.37 Å². The van der Waals surface area contributed by atoms with E-state index in [1.165, 1.54) is 31.5 Å². The monoisotopic (exact) mass is 273 g/mol. The highest BCUT2D eigenvalue weighted by molar-refractivity contribution is 5.78. The van der Waals surface area contributed by atoms with Gasteiger partial charge in [-0.05, 0) is 30.3 Å². The van der Waals surface area contributed by atoms with E-state index in [4.69, 9.17) is 9.15 Å². The van der Waals surface area contributed by atoms with Gasteiger partial charge in [0.25, 0.3) is 0 Å². The van der Waals surface area contributed by atoms with Crippen LogP contribution in [0, 0.1) is 5.82 Å². The van der Waals surface area contributed by atoms with Gasteiger partial charge in [-0.1, -0.05) is 0 Å². The van der Waals surface area contributed by atoms with E-state index in [0.717, 1.165) is 0 Å². The van der Waals surface area contributed by atoms with Crippen LogP contribution in [0.1, 0.15) is 17.4 Å². The third-order valence-corrected chi connectivity index (χ3v) is 3.05. The third-order valence-electron chi connectivity index (χ3n) is 3.05. The molecule has 2 aromatic heterocycles. The van der Waals surface area contributed by atoms with Crippen molar-refractivity contribution in [1.82, 2.24) is 4.98 Å². The average molecular weight is 273 g/mol. The molecule has 0 radical (unpaired) electrons. The molecule has 0 aliphatic rings. The van der Waals surface area contributed by atoms with E-state index in [1.807, 2.05) is 0 Å². The summed E-state index contributed by atoms with van der Waals surface area (Å²) in [5.74, 6) is 0.468. The molecule has 1 unspecified atom stereocenters. The summed E-state index contributed by atoms with van der Waals surface area (Å²) in [5, 5.41) is 10.9. The standard InChI is InChI=1S/C15H12FNO3/c1-19-14-5-2-9(8-17-14)15(18)13-7-10-6-11(16)3-4-12(10)20-13/h2-8,15,18H,1H3. The lowest BCUT2D eigenvalue weighted by Crippen LogP contribution is -1.99. The number of benzene rings is 1. The van der Waals surface area contributed by atoms with Crippen LogP contribution in [0.3, 0.4) is 0 Å². The number of furan rings is 1. The summed E-state index contributed by atoms with van der Waals surface area (Å²) in [7, 11) is 1.52. The van der Waals surface area contributed by atoms with Gasteiger partial charge in [-0.15, -0.1) is 0 Å². The minimum Gasteiger partial charge on any atom is -0.481 e. The molecule has 3 aromatic rings. The number of aromatic nitrogens is 1. The Morgan fingerprint density at radius 1 is 1.25 bits per heavy atom. The highest BCUT2D eigenvalue weighted by atomic mass is 19.1. The van der Waals surface area contributed by atoms with E-state index in [2.05, 4.69) is 4.98 Å². The lowest BCUT2D eigenvalue weighted by Gasteiger charge is -2.07. The number of halogens is 1. The Balaban J connectivity index is 1.96. The summed E-state index contributed by atoms with van der Waals surface area (Å²) < 4.78 is 23.6. The van der Waals surface area contributed by atoms with Crippen molar-refractivity contribution in [2.45, 2.75) is 6.10 Å². The molecular formula is C15H12FNO3. The van der Waals surface area contributed by atoms with Crippen LogP contribution in [-0.2, 0) is 0 Å². The van der Waals surface area contributed by atoms with Gasteiger partial charge in [0, 0.05) is 23.2 Å². The van der Waals surface area contributed by atoms with Crippen LogP contribution in [0.25, 0.3) is 11.0 Å². The van der Waals surface area contributed by atoms with Crippen molar-refractivity contribution in [3.63, 3.8) is 0 Å². The van der Waals surface area contributed by atoms with E-state index in [0.29, 0.717) is 28.2 Å². The molecule has 2 heterocycles. The largest absolute Gasteiger partial charge is 0.481 e. The SMILES string of the molecule is COc1ccc(C(O)c2cc3cc(F)ccc3o2)cn1. The number of nitrogens with zero attached hydrogens (tertiary/aromatic N) is 1. The second kappa shape index (κ2) is 4.94. The Morgan fingerprint density at radius 2 is 2.10 bits per heavy atom. The molecule has 0 fully saturated rings. The zero-order valence-corrected chi connectivity index (χ0v) is 10.7. The molecule has 1 N–H and O–H groups in total. The van der Waals surface area contributed by atoms with Gasteiger partial charge < -0.3 is 14.3 Å². The molecule has 1 atom stereocenters. The number of ether oxygens (including phenoxy) is 1. The zero-order chi connectivity index (χ0) is 14.1. The Morgan fingerprint density at radius 3 is 2.80 bits per heavy atom. The minimum absolute atomic E-state index is 0.342. The van der Waals surface area contributed by atoms with Crippen molar-refractivity contribution in [1.29, 1.82) is 0 Å². The van der Waals surface area contributed by atoms with E-state index in [9.17, 15) is 9.50 Å². The van der Waals surface area contributed by atoms with Crippen LogP contribution in [0.4, 0.5) is 4.39 Å². The fourth-order valence-corrected chi connectivity index (χ4v) is 2.01. The number of fused-ring (bicyclic) bond motifs is 1. The third kappa shape index (κ3) is 2.23. The maximum atomic E-state index is 13.1. The fraction of sp³-hybridized carbons (Fsp3) is 0.133. The zero-order valence-electron chi connectivity index (χ0n) is 10.7. The maximum Gasteiger partial charge on any atom is 0.212 e. The second-order valence-corrected chi connectivity index (χ2v) is 4.37. The molecule has 0 spiro atoms. The molecule has 0 amide bonds. The van der Waals surface area contributed by atoms with Crippen molar-refractivity contribution in [3.8, 4) is 5.88 Å². The highest BCUT2D eigenvalue weighted by Gasteiger charge is 2.16. The molecule has 4 nitrogen and oxygen atoms in total. The predicted molar refractivity (Wildman–Crippen MR) is 71.0 cm³/mol. The molecule has 0 saturated carbocycles. The van der Waals surface area contributed by atoms with Crippen LogP contribution in [0.2, 0.25) is 0 Å². The molecule has 0 aliphatic heterocycles. The number of hydrogen-bond donors (Lipinski definition) is 1. The lowest BCUT2D eigenvalue weighted by molar-refractivity contribution is 0.191. The summed E-state index contributed by atoms with van der Waals surface area (Å²) in [4.78, 5) is 4.03. The molecule has 0 saturated heterocycles. The van der Waals surface area contributed by atoms with Crippen LogP contribution in [0.15, 0.2) is 47.0 Å². The molecule has 0 bridgehead atoms. The Bertz CT molecular complexity index is 736. The summed E-state index contributed by atoms with van der Waals surface area (Å²) in [6.45, 7) is 0. The average Bonchev–Trinajstić information content (AvgIpc) is 2.89. The number of aliphatic hydroxyl groups is 1. The number of rotatable bonds is 3. The molecule has 5 heteroatoms. The molecule has 20 heavy (non-hydrogen) atoms. The van der Waals surface area contributed by atoms with Crippen LogP contribution >= 0.6 is 0 Å². The summed E-state index contributed by atoms with van der Waals surface area (Å²) in [5.41, 5.74) is 1.10. The number of pyridine rings is 1. The van der Waals surface area contributed by atoms with Crippen molar-refractivity contribution in [3.05, 3.63) is 59.7 Å². The van der Waals surface area contributed by atoms with Crippen LogP contribution in [0.5, 0.6) is 5.88 Å². The van der Waals surface area contributed by atoms with E-state index in [-0.39, 0.29) is 5.82 Å². The number of methoxy groups -OCH3 is 1. The topological polar surface area (TPSA) is 55.5 Å². The van der Waals surface area contributed by atoms with Crippen LogP contribution in [-0.4, -0.2) is 17.2 Å². The van der Waals surface area contributed by atoms with Gasteiger partial charge in [-0.3, -0.25) is 0 Å². The van der Waals surface area contributed by atoms with Crippen molar-refractivity contribution >= 4 is 11.0 Å². The second-order valence-electron chi connectivity index (χ2n) is 4.37. The Labute approximate surface area is 114 Å². The first-order chi connectivity index (χ1) is 9.67. The first kappa shape index (κ1) is 12.6. The molecule has 1 aromatic carbocycles. The van der Waals surface area contributed by atoms with Crippen molar-refractivity contribution in [2.75, 3.05) is 7.11 Å². The van der Waals surface area contributed by atoms with Crippen molar-refractivity contribution < 1.29 is 18.7 Å². The summed E-state index contributed by atoms with van der Waals surface area (Å²) >= 11 is 0. The van der Waals surface area contributed by atoms with Crippen LogP contribution < -0.4 is 4.74 Å². The lowest BCUT2D eigenvalue weighted by atomic mass is 10.1. The smallest absolute Gasteiger partial charge is 0.212 e. The van der Waals surface area contributed by atoms with Gasteiger partial charge in [0.1, 0.15) is 23.3 Å². The van der Waals surface area contributed by atoms with Gasteiger partial charge in [0.15, 0.2) is 0 Å². The van der Waals surface area contributed by atoms with E-state index >= 15 is 0 Å². The minimum atomic E-state index is -0.955. The van der Waals surface area contributed by atoms with Gasteiger partial charge in [-0.2, -0.15) is 0 Å². The van der Waals surface area contributed by atoms with Gasteiger partial charge >= 0.3 is 0 Å². The van der Waals surface area contributed by atoms with Gasteiger partial charge in [0.2, 0.25) is 5.88 Å². The maximum absolute atomic E-state index is 13.1. The first-order valence-corrected chi connectivity index (χ1v) is 6.04. The number of aliphatic hydroxyl groups excluding tert-OH is 1. The summed E-state index contributed by atoms with van der Waals surface area (Å²) in [6.07, 6.45) is 0.556. The number of hydrogen-bond acceptors (Lipinski definition) is 4. The van der Waals surface area contributed by atoms with E-state index < -0.39 is 6.10 Å². The Kier molecular flexibility index (Phi) is 3.12. The summed E-state index contributed by atoms with van der Waals surface area (Å²) in [6, 6.07) is 9.18. The quantitative estimate of drug-likeness (QED) is 0.796. The highest BCUT2D eigenvalue weighted by Crippen LogP contribution is 2.28. The van der Waals surface area contributed by atoms with E-state index in [1.54, 1.807) is 18.2 Å². The molecular weight excluding hydrogens is 261 g/mol. The van der Waals surface area contributed by atoms with Gasteiger partial charge in [0.05, 0.1) is 7.11 Å². The fourth-order valence-electron chi connectivity index (χ4n) is 2.01. The normalized spacial score (nSPS) is 12.6. The predicted octanol–water partition coefficient (Wildman–Crippen LogP) is 3.06. The molecule has 102 valence electrons. The molecule has 3 rings (SSSR count).